The number of ether oxygens (including phenoxy) is 1. The summed E-state index contributed by atoms with van der Waals surface area (Å²) < 4.78 is 44.3. The summed E-state index contributed by atoms with van der Waals surface area (Å²) in [4.78, 5) is 38.0. The molecular formula is C22H21F3N2O4. The summed E-state index contributed by atoms with van der Waals surface area (Å²) in [6.07, 6.45) is -4.57. The van der Waals surface area contributed by atoms with E-state index in [1.807, 2.05) is 0 Å². The third-order valence-corrected chi connectivity index (χ3v) is 4.88. The Morgan fingerprint density at radius 2 is 1.81 bits per heavy atom. The molecule has 6 nitrogen and oxygen atoms in total. The summed E-state index contributed by atoms with van der Waals surface area (Å²) in [7, 11) is 0. The normalized spacial score (nSPS) is 15.0. The molecule has 1 fully saturated rings. The average Bonchev–Trinajstić information content (AvgIpc) is 3.12. The number of esters is 1. The van der Waals surface area contributed by atoms with E-state index in [4.69, 9.17) is 4.74 Å². The predicted octanol–water partition coefficient (Wildman–Crippen LogP) is 4.01. The Hall–Kier alpha value is -3.36. The van der Waals surface area contributed by atoms with E-state index in [-0.39, 0.29) is 11.5 Å². The van der Waals surface area contributed by atoms with E-state index in [9.17, 15) is 27.6 Å². The number of hydrogen-bond acceptors (Lipinski definition) is 4. The van der Waals surface area contributed by atoms with Gasteiger partial charge in [-0.2, -0.15) is 13.2 Å². The number of benzene rings is 2. The molecule has 1 N–H and O–H groups in total. The Labute approximate surface area is 177 Å². The Kier molecular flexibility index (Phi) is 6.62. The topological polar surface area (TPSA) is 75.7 Å². The van der Waals surface area contributed by atoms with Crippen LogP contribution in [0.1, 0.15) is 41.3 Å². The van der Waals surface area contributed by atoms with Crippen molar-refractivity contribution in [3.05, 3.63) is 65.2 Å². The van der Waals surface area contributed by atoms with Crippen LogP contribution in [-0.4, -0.2) is 35.3 Å². The summed E-state index contributed by atoms with van der Waals surface area (Å²) in [5.41, 5.74) is -0.370. The SMILES string of the molecule is CC(OC(=O)c1ccc(CN2CCCC2=O)cc1)C(=O)Nc1ccccc1C(F)(F)F. The minimum Gasteiger partial charge on any atom is -0.449 e. The fraction of sp³-hybridized carbons (Fsp3) is 0.318. The smallest absolute Gasteiger partial charge is 0.418 e. The van der Waals surface area contributed by atoms with Crippen LogP contribution in [0.5, 0.6) is 0 Å². The fourth-order valence-corrected chi connectivity index (χ4v) is 3.19. The summed E-state index contributed by atoms with van der Waals surface area (Å²) >= 11 is 0. The highest BCUT2D eigenvalue weighted by atomic mass is 19.4. The molecule has 9 heteroatoms. The van der Waals surface area contributed by atoms with Gasteiger partial charge in [-0.25, -0.2) is 4.79 Å². The quantitative estimate of drug-likeness (QED) is 0.697. The molecule has 0 spiro atoms. The number of anilines is 1. The highest BCUT2D eigenvalue weighted by Gasteiger charge is 2.34. The van der Waals surface area contributed by atoms with E-state index in [1.165, 1.54) is 31.2 Å². The predicted molar refractivity (Wildman–Crippen MR) is 106 cm³/mol. The molecule has 2 aromatic carbocycles. The minimum absolute atomic E-state index is 0.0930. The Morgan fingerprint density at radius 3 is 2.42 bits per heavy atom. The van der Waals surface area contributed by atoms with Crippen LogP contribution in [0.25, 0.3) is 0 Å². The van der Waals surface area contributed by atoms with Crippen molar-refractivity contribution in [1.29, 1.82) is 0 Å². The second kappa shape index (κ2) is 9.20. The standard InChI is InChI=1S/C22H21F3N2O4/c1-14(20(29)26-18-6-3-2-5-17(18)22(23,24)25)31-21(30)16-10-8-15(9-11-16)13-27-12-4-7-19(27)28/h2-3,5-6,8-11,14H,4,7,12-13H2,1H3,(H,26,29). The third kappa shape index (κ3) is 5.62. The van der Waals surface area contributed by atoms with Crippen LogP contribution in [-0.2, 0) is 27.0 Å². The molecule has 164 valence electrons. The molecule has 2 aromatic rings. The Balaban J connectivity index is 1.59. The molecule has 3 rings (SSSR count). The molecule has 31 heavy (non-hydrogen) atoms. The summed E-state index contributed by atoms with van der Waals surface area (Å²) in [6, 6.07) is 11.0. The second-order valence-electron chi connectivity index (χ2n) is 7.20. The van der Waals surface area contributed by atoms with Gasteiger partial charge in [-0.1, -0.05) is 24.3 Å². The van der Waals surface area contributed by atoms with E-state index in [1.54, 1.807) is 17.0 Å². The van der Waals surface area contributed by atoms with Gasteiger partial charge in [0.05, 0.1) is 16.8 Å². The average molecular weight is 434 g/mol. The van der Waals surface area contributed by atoms with Gasteiger partial charge in [0.2, 0.25) is 5.91 Å². The molecule has 1 atom stereocenters. The number of hydrogen-bond donors (Lipinski definition) is 1. The van der Waals surface area contributed by atoms with Crippen molar-refractivity contribution in [2.45, 2.75) is 38.6 Å². The first-order chi connectivity index (χ1) is 14.6. The van der Waals surface area contributed by atoms with Gasteiger partial charge in [0.15, 0.2) is 6.10 Å². The summed E-state index contributed by atoms with van der Waals surface area (Å²) in [6.45, 7) is 2.43. The number of nitrogens with one attached hydrogen (secondary N) is 1. The maximum Gasteiger partial charge on any atom is 0.418 e. The first-order valence-corrected chi connectivity index (χ1v) is 9.70. The molecule has 0 aromatic heterocycles. The van der Waals surface area contributed by atoms with Crippen molar-refractivity contribution in [2.24, 2.45) is 0 Å². The van der Waals surface area contributed by atoms with Crippen molar-refractivity contribution in [1.82, 2.24) is 4.90 Å². The van der Waals surface area contributed by atoms with Gasteiger partial charge >= 0.3 is 12.1 Å². The first-order valence-electron chi connectivity index (χ1n) is 9.70. The zero-order chi connectivity index (χ0) is 22.6. The zero-order valence-electron chi connectivity index (χ0n) is 16.7. The molecular weight excluding hydrogens is 413 g/mol. The van der Waals surface area contributed by atoms with Crippen LogP contribution in [0.3, 0.4) is 0 Å². The monoisotopic (exact) mass is 434 g/mol. The maximum atomic E-state index is 13.1. The number of carbonyl (C=O) groups is 3. The van der Waals surface area contributed by atoms with Crippen molar-refractivity contribution < 1.29 is 32.3 Å². The highest BCUT2D eigenvalue weighted by Crippen LogP contribution is 2.34. The van der Waals surface area contributed by atoms with E-state index in [2.05, 4.69) is 5.32 Å². The number of carbonyl (C=O) groups excluding carboxylic acids is 3. The maximum absolute atomic E-state index is 13.1. The lowest BCUT2D eigenvalue weighted by Crippen LogP contribution is -2.30. The van der Waals surface area contributed by atoms with Gasteiger partial charge in [0.1, 0.15) is 0 Å². The fourth-order valence-electron chi connectivity index (χ4n) is 3.19. The van der Waals surface area contributed by atoms with Gasteiger partial charge in [-0.3, -0.25) is 9.59 Å². The molecule has 1 aliphatic rings. The third-order valence-electron chi connectivity index (χ3n) is 4.88. The van der Waals surface area contributed by atoms with Crippen LogP contribution < -0.4 is 5.32 Å². The van der Waals surface area contributed by atoms with Crippen molar-refractivity contribution >= 4 is 23.5 Å². The lowest BCUT2D eigenvalue weighted by molar-refractivity contribution is -0.137. The van der Waals surface area contributed by atoms with Crippen molar-refractivity contribution in [2.75, 3.05) is 11.9 Å². The zero-order valence-corrected chi connectivity index (χ0v) is 16.7. The van der Waals surface area contributed by atoms with E-state index in [0.29, 0.717) is 19.5 Å². The molecule has 1 unspecified atom stereocenters. The van der Waals surface area contributed by atoms with Crippen LogP contribution >= 0.6 is 0 Å². The number of nitrogens with zero attached hydrogens (tertiary/aromatic N) is 1. The first kappa shape index (κ1) is 22.3. The molecule has 2 amide bonds. The summed E-state index contributed by atoms with van der Waals surface area (Å²) in [5, 5.41) is 2.15. The Bertz CT molecular complexity index is 973. The number of amides is 2. The highest BCUT2D eigenvalue weighted by molar-refractivity contribution is 5.97. The van der Waals surface area contributed by atoms with Crippen LogP contribution in [0.4, 0.5) is 18.9 Å². The van der Waals surface area contributed by atoms with Gasteiger partial charge < -0.3 is 15.0 Å². The molecule has 0 radical (unpaired) electrons. The molecule has 1 heterocycles. The lowest BCUT2D eigenvalue weighted by Gasteiger charge is -2.17. The number of para-hydroxylation sites is 1. The number of likely N-dealkylation sites (tertiary alicyclic amines) is 1. The van der Waals surface area contributed by atoms with Crippen LogP contribution in [0.2, 0.25) is 0 Å². The van der Waals surface area contributed by atoms with Gasteiger partial charge in [0, 0.05) is 19.5 Å². The van der Waals surface area contributed by atoms with E-state index < -0.39 is 35.4 Å². The van der Waals surface area contributed by atoms with Gasteiger partial charge in [-0.15, -0.1) is 0 Å². The van der Waals surface area contributed by atoms with E-state index >= 15 is 0 Å². The molecule has 1 aliphatic heterocycles. The number of halogens is 3. The lowest BCUT2D eigenvalue weighted by atomic mass is 10.1. The number of rotatable bonds is 6. The largest absolute Gasteiger partial charge is 0.449 e. The molecule has 1 saturated heterocycles. The second-order valence-corrected chi connectivity index (χ2v) is 7.20. The molecule has 0 bridgehead atoms. The summed E-state index contributed by atoms with van der Waals surface area (Å²) in [5.74, 6) is -1.57. The molecule has 0 saturated carbocycles. The van der Waals surface area contributed by atoms with Gasteiger partial charge in [0.25, 0.3) is 5.91 Å². The van der Waals surface area contributed by atoms with E-state index in [0.717, 1.165) is 24.1 Å². The van der Waals surface area contributed by atoms with Gasteiger partial charge in [-0.05, 0) is 43.2 Å². The number of alkyl halides is 3. The van der Waals surface area contributed by atoms with Crippen molar-refractivity contribution in [3.63, 3.8) is 0 Å². The van der Waals surface area contributed by atoms with Crippen molar-refractivity contribution in [3.8, 4) is 0 Å². The van der Waals surface area contributed by atoms with Crippen LogP contribution in [0, 0.1) is 0 Å². The minimum atomic E-state index is -4.63. The Morgan fingerprint density at radius 1 is 1.13 bits per heavy atom. The molecule has 0 aliphatic carbocycles. The van der Waals surface area contributed by atoms with Crippen LogP contribution in [0.15, 0.2) is 48.5 Å².